The molecule has 2 saturated heterocycles. The lowest BCUT2D eigenvalue weighted by Crippen LogP contribution is -2.63. The number of Topliss-reactive ketones (excluding diaryl/α,β-unsaturated/α-hetero) is 2. The van der Waals surface area contributed by atoms with Gasteiger partial charge in [0.05, 0.1) is 36.9 Å². The number of benzene rings is 2. The van der Waals surface area contributed by atoms with E-state index in [9.17, 15) is 48.3 Å². The van der Waals surface area contributed by atoms with Gasteiger partial charge in [-0.25, -0.2) is 18.8 Å². The van der Waals surface area contributed by atoms with Gasteiger partial charge in [-0.2, -0.15) is 0 Å². The van der Waals surface area contributed by atoms with Crippen LogP contribution in [-0.4, -0.2) is 153 Å². The number of amides is 7. The maximum atomic E-state index is 16.2. The van der Waals surface area contributed by atoms with Crippen molar-refractivity contribution in [2.45, 2.75) is 167 Å². The average molecular weight is 1200 g/mol. The molecule has 0 radical (unpaired) electrons. The molecular weight excluding hydrogens is 1110 g/mol. The van der Waals surface area contributed by atoms with E-state index in [-0.39, 0.29) is 73.3 Å². The summed E-state index contributed by atoms with van der Waals surface area (Å²) in [5, 5.41) is 22.5. The number of carbonyl (C=O) groups is 9. The van der Waals surface area contributed by atoms with Crippen LogP contribution in [0.1, 0.15) is 128 Å². The first-order chi connectivity index (χ1) is 39.5. The van der Waals surface area contributed by atoms with Crippen molar-refractivity contribution in [1.29, 1.82) is 0 Å². The lowest BCUT2D eigenvalue weighted by Gasteiger charge is -2.42. The number of hydrogen-bond donors (Lipinski definition) is 6. The number of hydrogen-bond acceptors (Lipinski definition) is 15. The molecule has 3 aliphatic heterocycles. The van der Waals surface area contributed by atoms with E-state index >= 15 is 4.39 Å². The third kappa shape index (κ3) is 18.0. The van der Waals surface area contributed by atoms with Crippen LogP contribution in [0.15, 0.2) is 54.1 Å². The first kappa shape index (κ1) is 67.8. The lowest BCUT2D eigenvalue weighted by molar-refractivity contribution is -0.158. The largest absolute Gasteiger partial charge is 0.495 e. The van der Waals surface area contributed by atoms with Gasteiger partial charge in [-0.05, 0) is 94.2 Å². The Morgan fingerprint density at radius 1 is 1.02 bits per heavy atom. The van der Waals surface area contributed by atoms with E-state index in [1.165, 1.54) is 59.2 Å². The molecule has 3 heterocycles. The summed E-state index contributed by atoms with van der Waals surface area (Å²) in [7, 11) is 5.59. The summed E-state index contributed by atoms with van der Waals surface area (Å²) in [6, 6.07) is 3.71. The topological polar surface area (TPSA) is 304 Å². The van der Waals surface area contributed by atoms with E-state index in [4.69, 9.17) is 41.0 Å². The van der Waals surface area contributed by atoms with E-state index in [0.717, 1.165) is 22.1 Å². The standard InChI is InChI=1S/C60H83ClFN7O15/c1-33(2)42(30-40(71)18-13-12-14-23-64-37(6)70)54(74)66-44(19-16-24-65-57(63)77)46(72)28-38-21-22-41(43(62)26-38)55(75)68(8)36(5)56(76)83-50-31-51(73)69(9)45-27-39(29-47(80-10)52(45)61)25-34(3)17-15-20-49(81-11)60(79)32-48(82-58(78)67-60)35(4)53-59(50,7)84-53/h15,17,20-22,26-27,29,33,35-36,42,44,48-50,53,79H,12-14,16,18-19,23-25,28,30-32H2,1-11H3,(H,64,70)(H,66,74)(H,67,78)(H3,63,65,77)/b20-15+,34-17+/t35-,36+,42+,44+,48+,49-,50+,53+,59+,60+/m1/s1. The predicted octanol–water partition coefficient (Wildman–Crippen LogP) is 5.94. The Balaban J connectivity index is 1.35. The van der Waals surface area contributed by atoms with Crippen molar-refractivity contribution in [3.63, 3.8) is 0 Å². The van der Waals surface area contributed by atoms with Crippen molar-refractivity contribution in [1.82, 2.24) is 26.2 Å². The zero-order valence-corrected chi connectivity index (χ0v) is 50.7. The number of aliphatic hydroxyl groups is 1. The molecule has 2 aromatic carbocycles. The monoisotopic (exact) mass is 1200 g/mol. The van der Waals surface area contributed by atoms with Crippen molar-refractivity contribution in [3.8, 4) is 5.75 Å². The fraction of sp³-hybridized carbons (Fsp3) is 0.583. The van der Waals surface area contributed by atoms with Crippen molar-refractivity contribution in [3.05, 3.63) is 81.7 Å². The van der Waals surface area contributed by atoms with Gasteiger partial charge >= 0.3 is 18.1 Å². The molecule has 7 N–H and O–H groups in total. The highest BCUT2D eigenvalue weighted by molar-refractivity contribution is 6.35. The number of allylic oxidation sites excluding steroid dienone is 3. The second-order valence-corrected chi connectivity index (χ2v) is 23.0. The predicted molar refractivity (Wildman–Crippen MR) is 309 cm³/mol. The number of likely N-dealkylation sites (N-methyl/N-ethyl adjacent to an activating group) is 1. The summed E-state index contributed by atoms with van der Waals surface area (Å²) in [6.07, 6.45) is 1.83. The normalized spacial score (nSPS) is 24.5. The molecule has 0 aliphatic carbocycles. The van der Waals surface area contributed by atoms with Crippen LogP contribution in [0, 0.1) is 23.6 Å². The number of alkyl carbamates (subject to hydrolysis) is 1. The molecule has 22 nitrogen and oxygen atoms in total. The molecule has 24 heteroatoms. The molecule has 4 bridgehead atoms. The molecule has 10 atom stereocenters. The Hall–Kier alpha value is -6.95. The van der Waals surface area contributed by atoms with Gasteiger partial charge in [-0.1, -0.05) is 68.7 Å². The van der Waals surface area contributed by atoms with E-state index in [2.05, 4.69) is 21.3 Å². The van der Waals surface area contributed by atoms with Crippen LogP contribution < -0.4 is 36.6 Å². The minimum atomic E-state index is -1.93. The number of ether oxygens (including phenoxy) is 5. The number of nitrogens with two attached hydrogens (primary N) is 1. The summed E-state index contributed by atoms with van der Waals surface area (Å²) in [4.78, 5) is 122. The molecule has 7 amide bonds. The summed E-state index contributed by atoms with van der Waals surface area (Å²) < 4.78 is 45.6. The highest BCUT2D eigenvalue weighted by Gasteiger charge is 2.64. The van der Waals surface area contributed by atoms with Gasteiger partial charge < -0.3 is 60.3 Å². The molecule has 0 aromatic heterocycles. The first-order valence-electron chi connectivity index (χ1n) is 28.3. The van der Waals surface area contributed by atoms with Crippen LogP contribution in [0.25, 0.3) is 0 Å². The number of carbonyl (C=O) groups excluding carboxylic acids is 9. The van der Waals surface area contributed by atoms with Crippen LogP contribution in [0.3, 0.4) is 0 Å². The Kier molecular flexibility index (Phi) is 24.4. The van der Waals surface area contributed by atoms with Crippen LogP contribution in [0.2, 0.25) is 5.02 Å². The number of anilines is 1. The van der Waals surface area contributed by atoms with Crippen LogP contribution >= 0.6 is 11.6 Å². The lowest BCUT2D eigenvalue weighted by atomic mass is 9.83. The molecule has 0 unspecified atom stereocenters. The smallest absolute Gasteiger partial charge is 0.409 e. The van der Waals surface area contributed by atoms with Gasteiger partial charge in [0.1, 0.15) is 52.3 Å². The molecular formula is C60H83ClFN7O15. The highest BCUT2D eigenvalue weighted by Crippen LogP contribution is 2.49. The fourth-order valence-corrected chi connectivity index (χ4v) is 10.8. The number of fused-ring (bicyclic) bond motifs is 5. The van der Waals surface area contributed by atoms with Crippen molar-refractivity contribution >= 4 is 70.6 Å². The van der Waals surface area contributed by atoms with Gasteiger partial charge in [0.15, 0.2) is 11.5 Å². The molecule has 5 rings (SSSR count). The molecule has 0 saturated carbocycles. The van der Waals surface area contributed by atoms with Gasteiger partial charge in [0.25, 0.3) is 5.91 Å². The van der Waals surface area contributed by atoms with E-state index in [1.807, 2.05) is 13.0 Å². The maximum absolute atomic E-state index is 16.2. The Labute approximate surface area is 495 Å². The quantitative estimate of drug-likeness (QED) is 0.0403. The zero-order valence-electron chi connectivity index (χ0n) is 49.9. The first-order valence-corrected chi connectivity index (χ1v) is 28.7. The number of nitrogens with zero attached hydrogens (tertiary/aromatic N) is 2. The van der Waals surface area contributed by atoms with E-state index < -0.39 is 119 Å². The van der Waals surface area contributed by atoms with Gasteiger partial charge in [-0.15, -0.1) is 0 Å². The van der Waals surface area contributed by atoms with E-state index in [0.29, 0.717) is 43.7 Å². The number of esters is 1. The summed E-state index contributed by atoms with van der Waals surface area (Å²) >= 11 is 6.83. The Morgan fingerprint density at radius 2 is 1.73 bits per heavy atom. The Morgan fingerprint density at radius 3 is 2.37 bits per heavy atom. The number of urea groups is 1. The number of rotatable bonds is 24. The SMILES string of the molecule is COc1cc2cc(c1Cl)N(C)C(=O)C[C@H](OC(=O)[C@H](C)N(C)C(=O)c1ccc(CC(=O)[C@H](CCCNC(N)=O)NC(=O)[C@@H](CC(=O)CCCCCNC(C)=O)C(C)C)cc1F)[C@]1(C)O[C@H]1[C@H](C)[C@@H]1C[C@@](O)(NC(=O)O1)[C@H](OC)/C=C/C=C(\C)C2. The van der Waals surface area contributed by atoms with Gasteiger partial charge in [0, 0.05) is 78.7 Å². The summed E-state index contributed by atoms with van der Waals surface area (Å²) in [5.41, 5.74) is 3.47. The number of halogens is 2. The number of nitrogens with one attached hydrogen (secondary N) is 4. The third-order valence-electron chi connectivity index (χ3n) is 15.9. The van der Waals surface area contributed by atoms with Crippen molar-refractivity contribution < 1.29 is 76.3 Å². The highest BCUT2D eigenvalue weighted by atomic mass is 35.5. The molecule has 0 spiro atoms. The van der Waals surface area contributed by atoms with Crippen LogP contribution in [0.4, 0.5) is 19.7 Å². The van der Waals surface area contributed by atoms with E-state index in [1.54, 1.807) is 52.0 Å². The summed E-state index contributed by atoms with van der Waals surface area (Å²) in [5.74, 6) is -6.24. The Bertz CT molecular complexity index is 2830. The molecule has 462 valence electrons. The minimum absolute atomic E-state index is 0.0597. The fourth-order valence-electron chi connectivity index (χ4n) is 10.5. The molecule has 3 aliphatic rings. The molecule has 2 fully saturated rings. The number of methoxy groups -OCH3 is 2. The van der Waals surface area contributed by atoms with Crippen molar-refractivity contribution in [2.24, 2.45) is 23.5 Å². The second-order valence-electron chi connectivity index (χ2n) is 22.7. The van der Waals surface area contributed by atoms with Gasteiger partial charge in [0.2, 0.25) is 17.7 Å². The van der Waals surface area contributed by atoms with Crippen LogP contribution in [0.5, 0.6) is 5.75 Å². The summed E-state index contributed by atoms with van der Waals surface area (Å²) in [6.45, 7) is 12.2. The number of unbranched alkanes of at least 4 members (excludes halogenated alkanes) is 2. The zero-order chi connectivity index (χ0) is 62.4. The molecule has 84 heavy (non-hydrogen) atoms. The minimum Gasteiger partial charge on any atom is -0.495 e. The number of primary amides is 1. The van der Waals surface area contributed by atoms with Gasteiger partial charge in [-0.3, -0.25) is 34.1 Å². The van der Waals surface area contributed by atoms with Crippen LogP contribution in [-0.2, 0) is 60.6 Å². The molecule has 2 aromatic rings. The number of epoxide rings is 1. The second kappa shape index (κ2) is 30.2. The number of ketones is 2. The maximum Gasteiger partial charge on any atom is 0.409 e. The third-order valence-corrected chi connectivity index (χ3v) is 16.2. The average Bonchev–Trinajstić information content (AvgIpc) is 3.89. The van der Waals surface area contributed by atoms with Crippen molar-refractivity contribution in [2.75, 3.05) is 46.3 Å².